The van der Waals surface area contributed by atoms with Crippen molar-refractivity contribution in [3.05, 3.63) is 40.3 Å². The molecule has 2 rings (SSSR count). The second-order valence-corrected chi connectivity index (χ2v) is 4.34. The summed E-state index contributed by atoms with van der Waals surface area (Å²) in [7, 11) is 1.60. The van der Waals surface area contributed by atoms with Gasteiger partial charge in [0.05, 0.1) is 7.11 Å². The van der Waals surface area contributed by atoms with Crippen molar-refractivity contribution in [2.45, 2.75) is 6.61 Å². The van der Waals surface area contributed by atoms with Gasteiger partial charge in [0, 0.05) is 5.38 Å². The number of thiazole rings is 1. The van der Waals surface area contributed by atoms with Crippen molar-refractivity contribution < 1.29 is 19.4 Å². The average molecular weight is 265 g/mol. The molecule has 1 aromatic carbocycles. The summed E-state index contributed by atoms with van der Waals surface area (Å²) in [6, 6.07) is 7.15. The molecule has 0 bridgehead atoms. The van der Waals surface area contributed by atoms with Gasteiger partial charge < -0.3 is 14.6 Å². The van der Waals surface area contributed by atoms with Gasteiger partial charge in [-0.15, -0.1) is 11.3 Å². The van der Waals surface area contributed by atoms with E-state index in [4.69, 9.17) is 14.6 Å². The van der Waals surface area contributed by atoms with E-state index in [0.717, 1.165) is 5.75 Å². The predicted molar refractivity (Wildman–Crippen MR) is 66.4 cm³/mol. The highest BCUT2D eigenvalue weighted by atomic mass is 32.1. The molecular formula is C12H11NO4S. The Hall–Kier alpha value is -2.08. The van der Waals surface area contributed by atoms with Crippen molar-refractivity contribution in [1.29, 1.82) is 0 Å². The van der Waals surface area contributed by atoms with Crippen molar-refractivity contribution in [3.63, 3.8) is 0 Å². The first kappa shape index (κ1) is 12.4. The van der Waals surface area contributed by atoms with Gasteiger partial charge in [0.25, 0.3) is 0 Å². The molecule has 0 radical (unpaired) electrons. The summed E-state index contributed by atoms with van der Waals surface area (Å²) in [6.07, 6.45) is 0. The van der Waals surface area contributed by atoms with E-state index in [2.05, 4.69) is 4.98 Å². The fraction of sp³-hybridized carbons (Fsp3) is 0.167. The van der Waals surface area contributed by atoms with Crippen molar-refractivity contribution >= 4 is 17.3 Å². The number of benzene rings is 1. The molecule has 1 heterocycles. The highest BCUT2D eigenvalue weighted by Gasteiger charge is 2.08. The normalized spacial score (nSPS) is 10.1. The number of aromatic carboxylic acids is 1. The van der Waals surface area contributed by atoms with Crippen LogP contribution in [0.1, 0.15) is 15.5 Å². The maximum atomic E-state index is 10.6. The Morgan fingerprint density at radius 1 is 1.33 bits per heavy atom. The lowest BCUT2D eigenvalue weighted by Crippen LogP contribution is -1.99. The molecule has 0 aliphatic carbocycles. The lowest BCUT2D eigenvalue weighted by molar-refractivity contribution is 0.0691. The lowest BCUT2D eigenvalue weighted by Gasteiger charge is -2.04. The molecular weight excluding hydrogens is 254 g/mol. The van der Waals surface area contributed by atoms with Crippen molar-refractivity contribution in [1.82, 2.24) is 4.98 Å². The van der Waals surface area contributed by atoms with Gasteiger partial charge in [0.15, 0.2) is 5.69 Å². The number of carboxylic acid groups (broad SMARTS) is 1. The van der Waals surface area contributed by atoms with Crippen LogP contribution in [0.5, 0.6) is 11.5 Å². The van der Waals surface area contributed by atoms with E-state index >= 15 is 0 Å². The number of hydrogen-bond donors (Lipinski definition) is 1. The Morgan fingerprint density at radius 2 is 2.00 bits per heavy atom. The smallest absolute Gasteiger partial charge is 0.355 e. The van der Waals surface area contributed by atoms with Crippen molar-refractivity contribution in [3.8, 4) is 11.5 Å². The molecule has 94 valence electrons. The van der Waals surface area contributed by atoms with E-state index in [9.17, 15) is 4.79 Å². The van der Waals surface area contributed by atoms with Crippen LogP contribution in [0.2, 0.25) is 0 Å². The van der Waals surface area contributed by atoms with Gasteiger partial charge in [0.1, 0.15) is 23.1 Å². The Bertz CT molecular complexity index is 535. The Morgan fingerprint density at radius 3 is 2.56 bits per heavy atom. The van der Waals surface area contributed by atoms with E-state index < -0.39 is 5.97 Å². The summed E-state index contributed by atoms with van der Waals surface area (Å²) in [5.41, 5.74) is 0.0494. The summed E-state index contributed by atoms with van der Waals surface area (Å²) in [5, 5.41) is 10.9. The topological polar surface area (TPSA) is 68.7 Å². The molecule has 5 nitrogen and oxygen atoms in total. The fourth-order valence-corrected chi connectivity index (χ4v) is 1.97. The largest absolute Gasteiger partial charge is 0.497 e. The predicted octanol–water partition coefficient (Wildman–Crippen LogP) is 2.43. The van der Waals surface area contributed by atoms with Gasteiger partial charge in [0.2, 0.25) is 0 Å². The van der Waals surface area contributed by atoms with Gasteiger partial charge in [-0.25, -0.2) is 9.78 Å². The molecule has 0 aliphatic rings. The zero-order chi connectivity index (χ0) is 13.0. The second kappa shape index (κ2) is 5.50. The first-order chi connectivity index (χ1) is 8.69. The molecule has 6 heteroatoms. The summed E-state index contributed by atoms with van der Waals surface area (Å²) < 4.78 is 10.5. The number of ether oxygens (including phenoxy) is 2. The van der Waals surface area contributed by atoms with Crippen molar-refractivity contribution in [2.24, 2.45) is 0 Å². The van der Waals surface area contributed by atoms with Gasteiger partial charge in [-0.05, 0) is 24.3 Å². The third kappa shape index (κ3) is 2.98. The molecule has 0 fully saturated rings. The maximum absolute atomic E-state index is 10.6. The van der Waals surface area contributed by atoms with Crippen LogP contribution in [-0.4, -0.2) is 23.2 Å². The van der Waals surface area contributed by atoms with Crippen LogP contribution in [0.25, 0.3) is 0 Å². The fourth-order valence-electron chi connectivity index (χ4n) is 1.29. The van der Waals surface area contributed by atoms with Gasteiger partial charge in [-0.1, -0.05) is 0 Å². The van der Waals surface area contributed by atoms with Crippen LogP contribution in [0.3, 0.4) is 0 Å². The van der Waals surface area contributed by atoms with Crippen LogP contribution in [0.4, 0.5) is 0 Å². The van der Waals surface area contributed by atoms with Crippen LogP contribution in [0, 0.1) is 0 Å². The molecule has 18 heavy (non-hydrogen) atoms. The van der Waals surface area contributed by atoms with E-state index in [0.29, 0.717) is 10.8 Å². The Balaban J connectivity index is 1.95. The molecule has 0 saturated heterocycles. The molecule has 0 aliphatic heterocycles. The minimum absolute atomic E-state index is 0.0494. The molecule has 1 N–H and O–H groups in total. The zero-order valence-corrected chi connectivity index (χ0v) is 10.4. The molecule has 0 atom stereocenters. The van der Waals surface area contributed by atoms with Gasteiger partial charge in [-0.2, -0.15) is 0 Å². The number of nitrogens with zero attached hydrogens (tertiary/aromatic N) is 1. The molecule has 0 saturated carbocycles. The van der Waals surface area contributed by atoms with Crippen LogP contribution in [0.15, 0.2) is 29.6 Å². The number of hydrogen-bond acceptors (Lipinski definition) is 5. The minimum atomic E-state index is -1.03. The molecule has 0 spiro atoms. The maximum Gasteiger partial charge on any atom is 0.355 e. The zero-order valence-electron chi connectivity index (χ0n) is 9.62. The summed E-state index contributed by atoms with van der Waals surface area (Å²) in [5.74, 6) is 0.412. The van der Waals surface area contributed by atoms with Crippen LogP contribution < -0.4 is 9.47 Å². The SMILES string of the molecule is COc1ccc(OCc2nc(C(=O)O)cs2)cc1. The summed E-state index contributed by atoms with van der Waals surface area (Å²) in [4.78, 5) is 14.6. The first-order valence-electron chi connectivity index (χ1n) is 5.13. The standard InChI is InChI=1S/C12H11NO4S/c1-16-8-2-4-9(5-3-8)17-6-11-13-10(7-18-11)12(14)15/h2-5,7H,6H2,1H3,(H,14,15). The average Bonchev–Trinajstić information content (AvgIpc) is 2.86. The van der Waals surface area contributed by atoms with E-state index in [1.54, 1.807) is 31.4 Å². The third-order valence-electron chi connectivity index (χ3n) is 2.19. The molecule has 1 aromatic heterocycles. The Labute approximate surface area is 108 Å². The highest BCUT2D eigenvalue weighted by Crippen LogP contribution is 2.19. The van der Waals surface area contributed by atoms with E-state index in [1.807, 2.05) is 0 Å². The summed E-state index contributed by atoms with van der Waals surface area (Å²) >= 11 is 1.26. The lowest BCUT2D eigenvalue weighted by atomic mass is 10.3. The number of rotatable bonds is 5. The van der Waals surface area contributed by atoms with E-state index in [1.165, 1.54) is 16.7 Å². The van der Waals surface area contributed by atoms with Gasteiger partial charge in [-0.3, -0.25) is 0 Å². The van der Waals surface area contributed by atoms with Crippen LogP contribution in [-0.2, 0) is 6.61 Å². The molecule has 2 aromatic rings. The molecule has 0 unspecified atom stereocenters. The minimum Gasteiger partial charge on any atom is -0.497 e. The number of aromatic nitrogens is 1. The number of carbonyl (C=O) groups is 1. The Kier molecular flexibility index (Phi) is 3.78. The first-order valence-corrected chi connectivity index (χ1v) is 6.01. The number of carboxylic acids is 1. The van der Waals surface area contributed by atoms with E-state index in [-0.39, 0.29) is 12.3 Å². The quantitative estimate of drug-likeness (QED) is 0.899. The third-order valence-corrected chi connectivity index (χ3v) is 3.01. The highest BCUT2D eigenvalue weighted by molar-refractivity contribution is 7.09. The monoisotopic (exact) mass is 265 g/mol. The second-order valence-electron chi connectivity index (χ2n) is 3.40. The van der Waals surface area contributed by atoms with Crippen LogP contribution >= 0.6 is 11.3 Å². The number of methoxy groups -OCH3 is 1. The molecule has 0 amide bonds. The summed E-state index contributed by atoms with van der Waals surface area (Å²) in [6.45, 7) is 0.254. The van der Waals surface area contributed by atoms with Crippen molar-refractivity contribution in [2.75, 3.05) is 7.11 Å². The van der Waals surface area contributed by atoms with Gasteiger partial charge >= 0.3 is 5.97 Å².